The van der Waals surface area contributed by atoms with Gasteiger partial charge < -0.3 is 13.9 Å². The molecule has 7 heteroatoms. The Morgan fingerprint density at radius 3 is 2.66 bits per heavy atom. The molecule has 1 aromatic carbocycles. The van der Waals surface area contributed by atoms with Crippen molar-refractivity contribution in [2.75, 3.05) is 6.61 Å². The maximum atomic E-state index is 15.2. The molecular formula is C31H42BrFO4Si. The van der Waals surface area contributed by atoms with Crippen LogP contribution in [0, 0.1) is 23.6 Å². The smallest absolute Gasteiger partial charge is 0.192 e. The van der Waals surface area contributed by atoms with Gasteiger partial charge in [-0.15, -0.1) is 11.8 Å². The summed E-state index contributed by atoms with van der Waals surface area (Å²) >= 11 is 3.28. The van der Waals surface area contributed by atoms with Gasteiger partial charge in [-0.1, -0.05) is 52.0 Å². The molecule has 1 saturated heterocycles. The molecule has 3 rings (SSSR count). The Hall–Kier alpha value is -1.56. The summed E-state index contributed by atoms with van der Waals surface area (Å²) in [7, 11) is -2.11. The van der Waals surface area contributed by atoms with Gasteiger partial charge in [0.25, 0.3) is 0 Å². The second kappa shape index (κ2) is 13.2. The van der Waals surface area contributed by atoms with Gasteiger partial charge in [0.2, 0.25) is 0 Å². The molecule has 1 fully saturated rings. The predicted octanol–water partition coefficient (Wildman–Crippen LogP) is 8.22. The normalized spacial score (nSPS) is 22.5. The molecule has 0 amide bonds. The quantitative estimate of drug-likeness (QED) is 0.210. The van der Waals surface area contributed by atoms with Crippen LogP contribution in [-0.2, 0) is 18.7 Å². The first-order valence-electron chi connectivity index (χ1n) is 13.6. The number of halogens is 2. The van der Waals surface area contributed by atoms with Crippen LogP contribution in [0.4, 0.5) is 4.39 Å². The van der Waals surface area contributed by atoms with Crippen molar-refractivity contribution in [1.82, 2.24) is 0 Å². The standard InChI is InChI=1S/C31H42BrFO4Si/c1-8-9-13-21(2)26(37-38(6,7)31(3,4)5)18-17-22-27(36-28-16-10-11-19-35-28)20-25(34)29(22)23-14-12-15-24(32)30(23)33/h12,14-15,17-18,21,26-28H,10-11,13,16,19-20H2,1-7H3/b18-17+/t21?,26-,27+,28-/m0/s1. The second-order valence-corrected chi connectivity index (χ2v) is 17.4. The maximum Gasteiger partial charge on any atom is 0.192 e. The van der Waals surface area contributed by atoms with Crippen LogP contribution in [0.3, 0.4) is 0 Å². The summed E-state index contributed by atoms with van der Waals surface area (Å²) in [5.41, 5.74) is 1.33. The number of hydrogen-bond acceptors (Lipinski definition) is 4. The van der Waals surface area contributed by atoms with Gasteiger partial charge in [0, 0.05) is 30.6 Å². The van der Waals surface area contributed by atoms with Crippen molar-refractivity contribution in [1.29, 1.82) is 0 Å². The lowest BCUT2D eigenvalue weighted by Gasteiger charge is -2.40. The Bertz CT molecular complexity index is 1120. The summed E-state index contributed by atoms with van der Waals surface area (Å²) in [5, 5.41) is 0.0341. The minimum Gasteiger partial charge on any atom is -0.410 e. The van der Waals surface area contributed by atoms with Crippen LogP contribution in [0.15, 0.2) is 40.4 Å². The molecular weight excluding hydrogens is 563 g/mol. The topological polar surface area (TPSA) is 44.8 Å². The minimum atomic E-state index is -2.11. The molecule has 1 aliphatic carbocycles. The number of ketones is 1. The number of Topliss-reactive ketones (excluding diaryl/α,β-unsaturated/α-hetero) is 1. The van der Waals surface area contributed by atoms with Crippen molar-refractivity contribution < 1.29 is 23.1 Å². The number of benzene rings is 1. The molecule has 0 radical (unpaired) electrons. The van der Waals surface area contributed by atoms with Gasteiger partial charge >= 0.3 is 0 Å². The average Bonchev–Trinajstić information content (AvgIpc) is 3.15. The number of carbonyl (C=O) groups excluding carboxylic acids is 1. The largest absolute Gasteiger partial charge is 0.410 e. The third-order valence-corrected chi connectivity index (χ3v) is 12.9. The Balaban J connectivity index is 2.06. The Labute approximate surface area is 237 Å². The molecule has 0 saturated carbocycles. The van der Waals surface area contributed by atoms with Gasteiger partial charge in [-0.25, -0.2) is 4.39 Å². The first-order chi connectivity index (χ1) is 17.9. The van der Waals surface area contributed by atoms with Crippen molar-refractivity contribution in [2.45, 2.75) is 103 Å². The highest BCUT2D eigenvalue weighted by Gasteiger charge is 2.40. The minimum absolute atomic E-state index is 0.0341. The zero-order valence-electron chi connectivity index (χ0n) is 23.8. The highest BCUT2D eigenvalue weighted by molar-refractivity contribution is 9.10. The molecule has 1 aliphatic heterocycles. The monoisotopic (exact) mass is 604 g/mol. The second-order valence-electron chi connectivity index (χ2n) is 11.8. The lowest BCUT2D eigenvalue weighted by Crippen LogP contribution is -2.45. The fourth-order valence-electron chi connectivity index (χ4n) is 4.46. The molecule has 0 spiro atoms. The van der Waals surface area contributed by atoms with Crippen molar-refractivity contribution >= 4 is 35.6 Å². The highest BCUT2D eigenvalue weighted by atomic mass is 79.9. The van der Waals surface area contributed by atoms with Crippen LogP contribution in [-0.4, -0.2) is 39.2 Å². The number of carbonyl (C=O) groups is 1. The summed E-state index contributed by atoms with van der Waals surface area (Å²) in [4.78, 5) is 13.3. The summed E-state index contributed by atoms with van der Waals surface area (Å²) in [6.07, 6.45) is 6.55. The number of allylic oxidation sites excluding steroid dienone is 1. The molecule has 0 bridgehead atoms. The molecule has 2 aliphatic rings. The van der Waals surface area contributed by atoms with E-state index < -0.39 is 20.2 Å². The van der Waals surface area contributed by atoms with E-state index in [-0.39, 0.29) is 41.1 Å². The molecule has 38 heavy (non-hydrogen) atoms. The molecule has 1 heterocycles. The van der Waals surface area contributed by atoms with E-state index in [4.69, 9.17) is 13.9 Å². The molecule has 1 unspecified atom stereocenters. The van der Waals surface area contributed by atoms with E-state index >= 15 is 4.39 Å². The Kier molecular flexibility index (Phi) is 10.8. The number of rotatable bonds is 9. The van der Waals surface area contributed by atoms with Crippen molar-refractivity contribution in [2.24, 2.45) is 5.92 Å². The molecule has 4 atom stereocenters. The SMILES string of the molecule is CC#CCC(C)[C@H](/C=C/C1=C(c2cccc(Br)c2F)C(=O)C[C@H]1O[C@H]1CCCCO1)O[Si](C)(C)C(C)(C)C. The molecule has 208 valence electrons. The first kappa shape index (κ1) is 31.0. The van der Waals surface area contributed by atoms with Crippen LogP contribution >= 0.6 is 15.9 Å². The maximum absolute atomic E-state index is 15.2. The summed E-state index contributed by atoms with van der Waals surface area (Å²) in [6.45, 7) is 15.8. The third kappa shape index (κ3) is 7.54. The average molecular weight is 606 g/mol. The van der Waals surface area contributed by atoms with Gasteiger partial charge in [-0.2, -0.15) is 0 Å². The van der Waals surface area contributed by atoms with Gasteiger partial charge in [0.15, 0.2) is 20.4 Å². The molecule has 1 aromatic rings. The van der Waals surface area contributed by atoms with E-state index in [0.717, 1.165) is 19.3 Å². The summed E-state index contributed by atoms with van der Waals surface area (Å²) in [5.74, 6) is 5.74. The van der Waals surface area contributed by atoms with Crippen LogP contribution in [0.1, 0.15) is 72.3 Å². The van der Waals surface area contributed by atoms with Crippen LogP contribution in [0.2, 0.25) is 18.1 Å². The van der Waals surface area contributed by atoms with Crippen LogP contribution < -0.4 is 0 Å². The van der Waals surface area contributed by atoms with Crippen molar-refractivity contribution in [3.8, 4) is 11.8 Å². The van der Waals surface area contributed by atoms with E-state index in [1.807, 2.05) is 19.1 Å². The number of ether oxygens (including phenoxy) is 2. The van der Waals surface area contributed by atoms with E-state index in [9.17, 15) is 4.79 Å². The van der Waals surface area contributed by atoms with Crippen molar-refractivity contribution in [3.05, 3.63) is 51.8 Å². The number of hydrogen-bond donors (Lipinski definition) is 0. The fourth-order valence-corrected chi connectivity index (χ4v) is 6.17. The van der Waals surface area contributed by atoms with Gasteiger partial charge in [-0.3, -0.25) is 4.79 Å². The lowest BCUT2D eigenvalue weighted by atomic mass is 9.97. The summed E-state index contributed by atoms with van der Waals surface area (Å²) < 4.78 is 34.6. The third-order valence-electron chi connectivity index (χ3n) is 7.82. The van der Waals surface area contributed by atoms with Crippen LogP contribution in [0.25, 0.3) is 5.57 Å². The van der Waals surface area contributed by atoms with Crippen LogP contribution in [0.5, 0.6) is 0 Å². The predicted molar refractivity (Wildman–Crippen MR) is 158 cm³/mol. The zero-order valence-corrected chi connectivity index (χ0v) is 26.4. The van der Waals surface area contributed by atoms with Gasteiger partial charge in [0.05, 0.1) is 16.7 Å². The van der Waals surface area contributed by atoms with E-state index in [0.29, 0.717) is 28.6 Å². The first-order valence-corrected chi connectivity index (χ1v) is 17.3. The lowest BCUT2D eigenvalue weighted by molar-refractivity contribution is -0.179. The molecule has 0 N–H and O–H groups in total. The molecule has 0 aromatic heterocycles. The van der Waals surface area contributed by atoms with E-state index in [2.05, 4.69) is 68.6 Å². The molecule has 4 nitrogen and oxygen atoms in total. The Morgan fingerprint density at radius 1 is 1.29 bits per heavy atom. The Morgan fingerprint density at radius 2 is 2.03 bits per heavy atom. The van der Waals surface area contributed by atoms with Gasteiger partial charge in [0.1, 0.15) is 5.82 Å². The van der Waals surface area contributed by atoms with Crippen molar-refractivity contribution in [3.63, 3.8) is 0 Å². The van der Waals surface area contributed by atoms with E-state index in [1.54, 1.807) is 18.2 Å². The van der Waals surface area contributed by atoms with E-state index in [1.165, 1.54) is 0 Å². The fraction of sp³-hybridized carbons (Fsp3) is 0.581. The zero-order chi connectivity index (χ0) is 28.1. The van der Waals surface area contributed by atoms with Gasteiger partial charge in [-0.05, 0) is 77.8 Å². The highest BCUT2D eigenvalue weighted by Crippen LogP contribution is 2.40. The summed E-state index contributed by atoms with van der Waals surface area (Å²) in [6, 6.07) is 5.04.